The molecule has 0 bridgehead atoms. The number of benzene rings is 2. The topological polar surface area (TPSA) is 61.9 Å². The standard InChI is InChI=1S/C17H16FN3O2/c18-14-8-6-13(7-9-14)10-11-19-12-16-17(22)23-20-21(16)15-4-2-1-3-5-15/h1-9,19H,10-12H2/p+1. The van der Waals surface area contributed by atoms with Crippen LogP contribution in [0.2, 0.25) is 0 Å². The van der Waals surface area contributed by atoms with Crippen molar-refractivity contribution in [2.75, 3.05) is 6.54 Å². The number of para-hydroxylation sites is 1. The smallest absolute Gasteiger partial charge is 0.307 e. The average Bonchev–Trinajstić information content (AvgIpc) is 2.95. The first-order chi connectivity index (χ1) is 11.2. The van der Waals surface area contributed by atoms with Crippen molar-refractivity contribution in [1.29, 1.82) is 0 Å². The maximum atomic E-state index is 12.8. The normalized spacial score (nSPS) is 10.8. The van der Waals surface area contributed by atoms with Gasteiger partial charge in [0.2, 0.25) is 5.69 Å². The molecule has 0 atom stereocenters. The number of H-pyrrole nitrogens is 1. The summed E-state index contributed by atoms with van der Waals surface area (Å²) in [6, 6.07) is 15.8. The molecule has 1 heterocycles. The Hall–Kier alpha value is -2.73. The van der Waals surface area contributed by atoms with E-state index in [1.807, 2.05) is 30.3 Å². The highest BCUT2D eigenvalue weighted by Crippen LogP contribution is 2.03. The fourth-order valence-corrected chi connectivity index (χ4v) is 2.32. The Kier molecular flexibility index (Phi) is 4.63. The van der Waals surface area contributed by atoms with Crippen LogP contribution >= 0.6 is 0 Å². The van der Waals surface area contributed by atoms with E-state index >= 15 is 0 Å². The number of aromatic amines is 1. The predicted molar refractivity (Wildman–Crippen MR) is 82.7 cm³/mol. The molecular formula is C17H17FN3O2+. The third-order valence-electron chi connectivity index (χ3n) is 3.55. The highest BCUT2D eigenvalue weighted by atomic mass is 19.1. The molecular weight excluding hydrogens is 297 g/mol. The van der Waals surface area contributed by atoms with Gasteiger partial charge in [-0.2, -0.15) is 0 Å². The van der Waals surface area contributed by atoms with E-state index in [0.717, 1.165) is 17.7 Å². The molecule has 0 aliphatic heterocycles. The zero-order valence-corrected chi connectivity index (χ0v) is 12.5. The highest BCUT2D eigenvalue weighted by molar-refractivity contribution is 5.21. The second kappa shape index (κ2) is 7.02. The maximum Gasteiger partial charge on any atom is 0.431 e. The predicted octanol–water partition coefficient (Wildman–Crippen LogP) is 1.72. The van der Waals surface area contributed by atoms with E-state index in [1.54, 1.807) is 16.8 Å². The molecule has 0 amide bonds. The quantitative estimate of drug-likeness (QED) is 0.538. The molecule has 0 saturated heterocycles. The van der Waals surface area contributed by atoms with Crippen LogP contribution in [-0.4, -0.2) is 11.8 Å². The van der Waals surface area contributed by atoms with Crippen LogP contribution in [0.4, 0.5) is 4.39 Å². The minimum atomic E-state index is -0.400. The van der Waals surface area contributed by atoms with Crippen molar-refractivity contribution in [2.24, 2.45) is 0 Å². The Labute approximate surface area is 132 Å². The molecule has 0 aliphatic rings. The molecule has 3 aromatic rings. The summed E-state index contributed by atoms with van der Waals surface area (Å²) in [7, 11) is 0. The van der Waals surface area contributed by atoms with Gasteiger partial charge < -0.3 is 5.32 Å². The Balaban J connectivity index is 1.61. The van der Waals surface area contributed by atoms with Gasteiger partial charge in [-0.15, -0.1) is 0 Å². The number of nitrogens with zero attached hydrogens (tertiary/aromatic N) is 1. The van der Waals surface area contributed by atoms with Crippen LogP contribution in [0.15, 0.2) is 63.9 Å². The molecule has 2 N–H and O–H groups in total. The van der Waals surface area contributed by atoms with Gasteiger partial charge in [0.25, 0.3) is 0 Å². The van der Waals surface area contributed by atoms with Crippen LogP contribution in [0, 0.1) is 5.82 Å². The molecule has 0 aliphatic carbocycles. The molecule has 6 heteroatoms. The Morgan fingerprint density at radius 1 is 1.09 bits per heavy atom. The molecule has 0 fully saturated rings. The van der Waals surface area contributed by atoms with Crippen LogP contribution in [0.3, 0.4) is 0 Å². The van der Waals surface area contributed by atoms with Crippen molar-refractivity contribution >= 4 is 0 Å². The molecule has 3 rings (SSSR count). The first-order valence-electron chi connectivity index (χ1n) is 7.37. The molecule has 0 spiro atoms. The Morgan fingerprint density at radius 3 is 2.57 bits per heavy atom. The second-order valence-electron chi connectivity index (χ2n) is 5.15. The van der Waals surface area contributed by atoms with Crippen molar-refractivity contribution in [1.82, 2.24) is 10.6 Å². The van der Waals surface area contributed by atoms with Gasteiger partial charge in [0.1, 0.15) is 5.82 Å². The van der Waals surface area contributed by atoms with E-state index < -0.39 is 5.63 Å². The number of rotatable bonds is 6. The number of hydrogen-bond donors (Lipinski definition) is 2. The summed E-state index contributed by atoms with van der Waals surface area (Å²) in [4.78, 5) is 11.8. The number of hydrogen-bond acceptors (Lipinski definition) is 3. The van der Waals surface area contributed by atoms with E-state index in [2.05, 4.69) is 10.6 Å². The molecule has 5 nitrogen and oxygen atoms in total. The van der Waals surface area contributed by atoms with Crippen molar-refractivity contribution < 1.29 is 13.6 Å². The van der Waals surface area contributed by atoms with Gasteiger partial charge >= 0.3 is 11.3 Å². The first-order valence-corrected chi connectivity index (χ1v) is 7.37. The lowest BCUT2D eigenvalue weighted by Gasteiger charge is -2.02. The van der Waals surface area contributed by atoms with Gasteiger partial charge in [-0.05, 0) is 40.6 Å². The Bertz CT molecular complexity index is 810. The van der Waals surface area contributed by atoms with Gasteiger partial charge in [-0.1, -0.05) is 30.3 Å². The van der Waals surface area contributed by atoms with E-state index in [4.69, 9.17) is 4.52 Å². The van der Waals surface area contributed by atoms with E-state index in [-0.39, 0.29) is 5.82 Å². The average molecular weight is 314 g/mol. The van der Waals surface area contributed by atoms with Crippen LogP contribution in [0.25, 0.3) is 5.69 Å². The van der Waals surface area contributed by atoms with Crippen LogP contribution < -0.4 is 15.6 Å². The van der Waals surface area contributed by atoms with Gasteiger partial charge in [-0.3, -0.25) is 4.52 Å². The molecule has 0 radical (unpaired) electrons. The SMILES string of the molecule is O=c1o[nH][n+](-c2ccccc2)c1CNCCc1ccc(F)cc1. The zero-order valence-electron chi connectivity index (χ0n) is 12.5. The molecule has 2 aromatic carbocycles. The molecule has 118 valence electrons. The monoisotopic (exact) mass is 314 g/mol. The van der Waals surface area contributed by atoms with Crippen LogP contribution in [0.1, 0.15) is 11.3 Å². The van der Waals surface area contributed by atoms with Gasteiger partial charge in [0, 0.05) is 12.1 Å². The summed E-state index contributed by atoms with van der Waals surface area (Å²) < 4.78 is 19.3. The summed E-state index contributed by atoms with van der Waals surface area (Å²) in [6.07, 6.45) is 0.751. The minimum absolute atomic E-state index is 0.240. The van der Waals surface area contributed by atoms with Crippen LogP contribution in [0.5, 0.6) is 0 Å². The van der Waals surface area contributed by atoms with Crippen molar-refractivity contribution in [2.45, 2.75) is 13.0 Å². The van der Waals surface area contributed by atoms with Gasteiger partial charge in [0.05, 0.1) is 6.54 Å². The lowest BCUT2D eigenvalue weighted by Crippen LogP contribution is -2.41. The molecule has 23 heavy (non-hydrogen) atoms. The summed E-state index contributed by atoms with van der Waals surface area (Å²) in [5.41, 5.74) is 1.96. The minimum Gasteiger partial charge on any atom is -0.307 e. The van der Waals surface area contributed by atoms with Gasteiger partial charge in [0.15, 0.2) is 0 Å². The molecule has 0 saturated carbocycles. The fraction of sp³-hybridized carbons (Fsp3) is 0.176. The first kappa shape index (κ1) is 15.2. The second-order valence-corrected chi connectivity index (χ2v) is 5.15. The van der Waals surface area contributed by atoms with Crippen molar-refractivity contribution in [3.05, 3.63) is 82.1 Å². The molecule has 1 aromatic heterocycles. The Morgan fingerprint density at radius 2 is 1.83 bits per heavy atom. The lowest BCUT2D eigenvalue weighted by molar-refractivity contribution is -0.677. The summed E-state index contributed by atoms with van der Waals surface area (Å²) in [5.74, 6) is -0.240. The van der Waals surface area contributed by atoms with E-state index in [0.29, 0.717) is 18.8 Å². The number of halogens is 1. The maximum absolute atomic E-state index is 12.8. The van der Waals surface area contributed by atoms with Crippen LogP contribution in [-0.2, 0) is 13.0 Å². The summed E-state index contributed by atoms with van der Waals surface area (Å²) >= 11 is 0. The van der Waals surface area contributed by atoms with Crippen molar-refractivity contribution in [3.63, 3.8) is 0 Å². The third-order valence-corrected chi connectivity index (χ3v) is 3.55. The fourth-order valence-electron chi connectivity index (χ4n) is 2.32. The number of aromatic nitrogens is 2. The van der Waals surface area contributed by atoms with E-state index in [1.165, 1.54) is 12.1 Å². The van der Waals surface area contributed by atoms with Crippen molar-refractivity contribution in [3.8, 4) is 5.69 Å². The third kappa shape index (κ3) is 3.73. The summed E-state index contributed by atoms with van der Waals surface area (Å²) in [5, 5.41) is 5.81. The van der Waals surface area contributed by atoms with Gasteiger partial charge in [-0.25, -0.2) is 9.18 Å². The summed E-state index contributed by atoms with van der Waals surface area (Å²) in [6.45, 7) is 1.05. The highest BCUT2D eigenvalue weighted by Gasteiger charge is 2.22. The zero-order chi connectivity index (χ0) is 16.1. The largest absolute Gasteiger partial charge is 0.431 e. The number of nitrogens with one attached hydrogen (secondary N) is 2. The molecule has 0 unspecified atom stereocenters. The lowest BCUT2D eigenvalue weighted by atomic mass is 10.1. The van der Waals surface area contributed by atoms with E-state index in [9.17, 15) is 9.18 Å².